The molecule has 78 valence electrons. The van der Waals surface area contributed by atoms with Crippen molar-refractivity contribution in [2.24, 2.45) is 0 Å². The van der Waals surface area contributed by atoms with Crippen LogP contribution in [0.2, 0.25) is 0 Å². The quantitative estimate of drug-likeness (QED) is 0.477. The van der Waals surface area contributed by atoms with Gasteiger partial charge < -0.3 is 19.7 Å². The van der Waals surface area contributed by atoms with Crippen LogP contribution >= 0.6 is 0 Å². The smallest absolute Gasteiger partial charge is 0.407 e. The summed E-state index contributed by atoms with van der Waals surface area (Å²) in [5, 5.41) is 8.63. The van der Waals surface area contributed by atoms with Crippen LogP contribution in [0.1, 0.15) is 6.42 Å². The molecule has 0 spiro atoms. The Hall–Kier alpha value is -1.59. The first-order valence-corrected chi connectivity index (χ1v) is 4.34. The largest absolute Gasteiger partial charge is 0.465 e. The van der Waals surface area contributed by atoms with Gasteiger partial charge in [0.1, 0.15) is 6.29 Å². The highest BCUT2D eigenvalue weighted by Crippen LogP contribution is 2.03. The Morgan fingerprint density at radius 2 is 1.64 bits per heavy atom. The first kappa shape index (κ1) is 10.5. The minimum atomic E-state index is -0.965. The third kappa shape index (κ3) is 2.45. The number of hydrogen-bond acceptors (Lipinski definition) is 3. The fraction of sp³-hybridized carbons (Fsp3) is 0.625. The average molecular weight is 200 g/mol. The van der Waals surface area contributed by atoms with Crippen molar-refractivity contribution in [2.45, 2.75) is 6.42 Å². The topological polar surface area (TPSA) is 77.9 Å². The zero-order chi connectivity index (χ0) is 10.6. The summed E-state index contributed by atoms with van der Waals surface area (Å²) in [7, 11) is 0. The molecule has 0 bridgehead atoms. The number of amides is 2. The summed E-state index contributed by atoms with van der Waals surface area (Å²) in [6.07, 6.45) is -0.522. The summed E-state index contributed by atoms with van der Waals surface area (Å²) in [5.41, 5.74) is 0. The molecule has 1 fully saturated rings. The van der Waals surface area contributed by atoms with Crippen molar-refractivity contribution in [3.63, 3.8) is 0 Å². The van der Waals surface area contributed by atoms with Crippen LogP contribution in [0.25, 0.3) is 0 Å². The van der Waals surface area contributed by atoms with E-state index >= 15 is 0 Å². The lowest BCUT2D eigenvalue weighted by Gasteiger charge is -2.32. The fourth-order valence-electron chi connectivity index (χ4n) is 1.35. The molecule has 1 aliphatic heterocycles. The number of rotatable bonds is 2. The number of carboxylic acid groups (broad SMARTS) is 1. The molecule has 0 radical (unpaired) electrons. The van der Waals surface area contributed by atoms with E-state index < -0.39 is 6.09 Å². The van der Waals surface area contributed by atoms with Crippen molar-refractivity contribution in [1.29, 1.82) is 0 Å². The van der Waals surface area contributed by atoms with E-state index in [0.29, 0.717) is 32.5 Å². The maximum atomic E-state index is 11.2. The first-order valence-electron chi connectivity index (χ1n) is 4.34. The Kier molecular flexibility index (Phi) is 3.44. The second-order valence-electron chi connectivity index (χ2n) is 3.02. The molecule has 0 atom stereocenters. The molecule has 0 aromatic rings. The predicted molar refractivity (Wildman–Crippen MR) is 46.9 cm³/mol. The molecular formula is C8H12N2O4. The van der Waals surface area contributed by atoms with Gasteiger partial charge in [-0.15, -0.1) is 0 Å². The van der Waals surface area contributed by atoms with E-state index in [1.807, 2.05) is 0 Å². The first-order chi connectivity index (χ1) is 6.65. The van der Waals surface area contributed by atoms with E-state index in [0.717, 1.165) is 0 Å². The highest BCUT2D eigenvalue weighted by atomic mass is 16.4. The summed E-state index contributed by atoms with van der Waals surface area (Å²) in [4.78, 5) is 34.6. The molecule has 1 heterocycles. The van der Waals surface area contributed by atoms with E-state index in [1.54, 1.807) is 0 Å². The third-order valence-electron chi connectivity index (χ3n) is 2.16. The predicted octanol–water partition coefficient (Wildman–Crippen LogP) is -0.602. The summed E-state index contributed by atoms with van der Waals surface area (Å²) >= 11 is 0. The molecule has 6 heteroatoms. The van der Waals surface area contributed by atoms with Crippen LogP contribution in [0.15, 0.2) is 0 Å². The second-order valence-corrected chi connectivity index (χ2v) is 3.02. The van der Waals surface area contributed by atoms with Gasteiger partial charge in [0, 0.05) is 26.2 Å². The average Bonchev–Trinajstić information content (AvgIpc) is 2.18. The zero-order valence-corrected chi connectivity index (χ0v) is 7.68. The van der Waals surface area contributed by atoms with Gasteiger partial charge in [-0.3, -0.25) is 4.79 Å². The van der Waals surface area contributed by atoms with Gasteiger partial charge in [0.25, 0.3) is 0 Å². The number of piperazine rings is 1. The molecule has 1 aliphatic rings. The van der Waals surface area contributed by atoms with E-state index in [-0.39, 0.29) is 12.3 Å². The van der Waals surface area contributed by atoms with Crippen molar-refractivity contribution in [1.82, 2.24) is 9.80 Å². The Bertz CT molecular complexity index is 246. The zero-order valence-electron chi connectivity index (χ0n) is 7.68. The molecule has 0 aromatic carbocycles. The van der Waals surface area contributed by atoms with Crippen LogP contribution in [-0.2, 0) is 9.59 Å². The lowest BCUT2D eigenvalue weighted by molar-refractivity contribution is -0.134. The molecule has 1 N–H and O–H groups in total. The van der Waals surface area contributed by atoms with E-state index in [4.69, 9.17) is 5.11 Å². The van der Waals surface area contributed by atoms with Crippen LogP contribution in [0.5, 0.6) is 0 Å². The van der Waals surface area contributed by atoms with E-state index in [1.165, 1.54) is 9.80 Å². The minimum absolute atomic E-state index is 0.118. The lowest BCUT2D eigenvalue weighted by Crippen LogP contribution is -2.50. The van der Waals surface area contributed by atoms with Gasteiger partial charge in [-0.05, 0) is 0 Å². The SMILES string of the molecule is O=CCC(=O)N1CCN(C(=O)O)CC1. The van der Waals surface area contributed by atoms with Crippen molar-refractivity contribution >= 4 is 18.3 Å². The Labute approximate surface area is 81.1 Å². The van der Waals surface area contributed by atoms with Gasteiger partial charge in [0.15, 0.2) is 0 Å². The van der Waals surface area contributed by atoms with Crippen molar-refractivity contribution in [3.05, 3.63) is 0 Å². The fourth-order valence-corrected chi connectivity index (χ4v) is 1.35. The highest BCUT2D eigenvalue weighted by molar-refractivity contribution is 5.88. The van der Waals surface area contributed by atoms with Gasteiger partial charge in [-0.1, -0.05) is 0 Å². The molecule has 0 aromatic heterocycles. The Balaban J connectivity index is 2.38. The Morgan fingerprint density at radius 1 is 1.14 bits per heavy atom. The molecule has 0 unspecified atom stereocenters. The maximum absolute atomic E-state index is 11.2. The van der Waals surface area contributed by atoms with Gasteiger partial charge in [0.05, 0.1) is 6.42 Å². The Morgan fingerprint density at radius 3 is 2.07 bits per heavy atom. The van der Waals surface area contributed by atoms with Crippen LogP contribution in [0, 0.1) is 0 Å². The van der Waals surface area contributed by atoms with E-state index in [9.17, 15) is 14.4 Å². The highest BCUT2D eigenvalue weighted by Gasteiger charge is 2.22. The summed E-state index contributed by atoms with van der Waals surface area (Å²) < 4.78 is 0. The van der Waals surface area contributed by atoms with Crippen LogP contribution in [0.3, 0.4) is 0 Å². The van der Waals surface area contributed by atoms with E-state index in [2.05, 4.69) is 0 Å². The van der Waals surface area contributed by atoms with Crippen molar-refractivity contribution in [2.75, 3.05) is 26.2 Å². The molecule has 1 rings (SSSR count). The molecule has 14 heavy (non-hydrogen) atoms. The molecular weight excluding hydrogens is 188 g/mol. The molecule has 2 amide bonds. The number of nitrogens with zero attached hydrogens (tertiary/aromatic N) is 2. The normalized spacial score (nSPS) is 16.6. The van der Waals surface area contributed by atoms with Crippen LogP contribution in [0.4, 0.5) is 4.79 Å². The maximum Gasteiger partial charge on any atom is 0.407 e. The molecule has 1 saturated heterocycles. The number of carbonyl (C=O) groups is 3. The number of hydrogen-bond donors (Lipinski definition) is 1. The number of aldehydes is 1. The molecule has 6 nitrogen and oxygen atoms in total. The summed E-state index contributed by atoms with van der Waals surface area (Å²) in [6.45, 7) is 1.39. The third-order valence-corrected chi connectivity index (χ3v) is 2.16. The van der Waals surface area contributed by atoms with Gasteiger partial charge >= 0.3 is 6.09 Å². The van der Waals surface area contributed by atoms with Crippen LogP contribution < -0.4 is 0 Å². The second kappa shape index (κ2) is 4.59. The molecule has 0 saturated carbocycles. The number of carbonyl (C=O) groups excluding carboxylic acids is 2. The standard InChI is InChI=1S/C8H12N2O4/c11-6-1-7(12)9-2-4-10(5-3-9)8(13)14/h6H,1-5H2,(H,13,14). The van der Waals surface area contributed by atoms with Crippen LogP contribution in [-0.4, -0.2) is 59.4 Å². The monoisotopic (exact) mass is 200 g/mol. The van der Waals surface area contributed by atoms with Crippen molar-refractivity contribution in [3.8, 4) is 0 Å². The summed E-state index contributed by atoms with van der Waals surface area (Å²) in [5.74, 6) is -0.231. The van der Waals surface area contributed by atoms with Gasteiger partial charge in [0.2, 0.25) is 5.91 Å². The summed E-state index contributed by atoms with van der Waals surface area (Å²) in [6, 6.07) is 0. The van der Waals surface area contributed by atoms with Gasteiger partial charge in [-0.2, -0.15) is 0 Å². The minimum Gasteiger partial charge on any atom is -0.465 e. The van der Waals surface area contributed by atoms with Crippen molar-refractivity contribution < 1.29 is 19.5 Å². The van der Waals surface area contributed by atoms with Gasteiger partial charge in [-0.25, -0.2) is 4.79 Å². The molecule has 0 aliphatic carbocycles. The lowest BCUT2D eigenvalue weighted by atomic mass is 10.3.